The van der Waals surface area contributed by atoms with E-state index in [0.717, 1.165) is 0 Å². The fourth-order valence-corrected chi connectivity index (χ4v) is 1.10. The summed E-state index contributed by atoms with van der Waals surface area (Å²) < 4.78 is 4.98. The topological polar surface area (TPSA) is 62.7 Å². The molecule has 0 saturated heterocycles. The van der Waals surface area contributed by atoms with Crippen LogP contribution in [0.2, 0.25) is 0 Å². The molecule has 5 heteroatoms. The summed E-state index contributed by atoms with van der Waals surface area (Å²) in [4.78, 5) is 17.0. The zero-order valence-electron chi connectivity index (χ0n) is 8.80. The van der Waals surface area contributed by atoms with Gasteiger partial charge >= 0.3 is 0 Å². The Balaban J connectivity index is 2.81. The van der Waals surface area contributed by atoms with Crippen LogP contribution in [0.15, 0.2) is 18.3 Å². The third-order valence-electron chi connectivity index (χ3n) is 1.97. The lowest BCUT2D eigenvalue weighted by Gasteiger charge is -2.14. The molecule has 15 heavy (non-hydrogen) atoms. The van der Waals surface area contributed by atoms with Crippen molar-refractivity contribution < 1.29 is 14.6 Å². The summed E-state index contributed by atoms with van der Waals surface area (Å²) in [5.41, 5.74) is 0.310. The van der Waals surface area contributed by atoms with Gasteiger partial charge < -0.3 is 14.7 Å². The Labute approximate surface area is 88.3 Å². The molecule has 0 aliphatic carbocycles. The van der Waals surface area contributed by atoms with Crippen molar-refractivity contribution >= 4 is 5.91 Å². The molecular weight excluding hydrogens is 196 g/mol. The Morgan fingerprint density at radius 3 is 3.00 bits per heavy atom. The second kappa shape index (κ2) is 5.31. The molecule has 0 radical (unpaired) electrons. The molecule has 0 spiro atoms. The number of aliphatic hydroxyl groups is 1. The van der Waals surface area contributed by atoms with Crippen LogP contribution in [-0.4, -0.2) is 48.2 Å². The summed E-state index contributed by atoms with van der Waals surface area (Å²) in [6.07, 6.45) is 1.51. The number of rotatable bonds is 4. The summed E-state index contributed by atoms with van der Waals surface area (Å²) in [5, 5.41) is 8.69. The van der Waals surface area contributed by atoms with Crippen molar-refractivity contribution in [2.45, 2.75) is 0 Å². The number of aliphatic hydroxyl groups excluding tert-OH is 1. The van der Waals surface area contributed by atoms with E-state index < -0.39 is 0 Å². The number of likely N-dealkylation sites (N-methyl/N-ethyl adjacent to an activating group) is 1. The summed E-state index contributed by atoms with van der Waals surface area (Å²) in [5.74, 6) is 0.355. The molecule has 5 nitrogen and oxygen atoms in total. The molecule has 0 fully saturated rings. The van der Waals surface area contributed by atoms with E-state index in [1.165, 1.54) is 18.2 Å². The normalized spacial score (nSPS) is 9.80. The average molecular weight is 210 g/mol. The molecule has 0 saturated carbocycles. The van der Waals surface area contributed by atoms with Crippen molar-refractivity contribution in [2.24, 2.45) is 0 Å². The fourth-order valence-electron chi connectivity index (χ4n) is 1.10. The Hall–Kier alpha value is -1.62. The van der Waals surface area contributed by atoms with E-state index in [1.807, 2.05) is 0 Å². The van der Waals surface area contributed by atoms with Gasteiger partial charge in [-0.05, 0) is 6.07 Å². The van der Waals surface area contributed by atoms with Gasteiger partial charge in [0.2, 0.25) is 0 Å². The molecule has 0 aromatic carbocycles. The fraction of sp³-hybridized carbons (Fsp3) is 0.400. The zero-order valence-corrected chi connectivity index (χ0v) is 8.80. The monoisotopic (exact) mass is 210 g/mol. The second-order valence-electron chi connectivity index (χ2n) is 3.03. The molecule has 82 valence electrons. The predicted octanol–water partition coefficient (Wildman–Crippen LogP) is 0.154. The number of hydrogen-bond donors (Lipinski definition) is 1. The molecule has 1 N–H and O–H groups in total. The Kier molecular flexibility index (Phi) is 4.05. The van der Waals surface area contributed by atoms with Crippen LogP contribution in [0.25, 0.3) is 0 Å². The van der Waals surface area contributed by atoms with Crippen molar-refractivity contribution in [2.75, 3.05) is 27.3 Å². The van der Waals surface area contributed by atoms with E-state index in [9.17, 15) is 4.79 Å². The molecular formula is C10H14N2O3. The minimum absolute atomic E-state index is 0.0633. The minimum Gasteiger partial charge on any atom is -0.497 e. The maximum Gasteiger partial charge on any atom is 0.272 e. The van der Waals surface area contributed by atoms with Gasteiger partial charge in [-0.3, -0.25) is 9.78 Å². The van der Waals surface area contributed by atoms with E-state index in [-0.39, 0.29) is 19.1 Å². The van der Waals surface area contributed by atoms with Gasteiger partial charge in [-0.2, -0.15) is 0 Å². The van der Waals surface area contributed by atoms with Crippen LogP contribution < -0.4 is 4.74 Å². The van der Waals surface area contributed by atoms with Crippen molar-refractivity contribution in [1.29, 1.82) is 0 Å². The molecule has 0 unspecified atom stereocenters. The largest absolute Gasteiger partial charge is 0.497 e. The first-order valence-corrected chi connectivity index (χ1v) is 4.55. The summed E-state index contributed by atoms with van der Waals surface area (Å²) in [6.45, 7) is 0.226. The van der Waals surface area contributed by atoms with Crippen LogP contribution in [0.3, 0.4) is 0 Å². The van der Waals surface area contributed by atoms with Gasteiger partial charge in [0.25, 0.3) is 5.91 Å². The first-order chi connectivity index (χ1) is 7.19. The standard InChI is InChI=1S/C10H14N2O3/c1-12(5-6-13)10(14)9-7-8(15-2)3-4-11-9/h3-4,7,13H,5-6H2,1-2H3. The molecule has 1 amide bonds. The molecule has 0 aliphatic rings. The van der Waals surface area contributed by atoms with Crippen LogP contribution in [-0.2, 0) is 0 Å². The van der Waals surface area contributed by atoms with Crippen molar-refractivity contribution in [3.8, 4) is 5.75 Å². The van der Waals surface area contributed by atoms with Crippen molar-refractivity contribution in [1.82, 2.24) is 9.88 Å². The number of amides is 1. The number of aromatic nitrogens is 1. The number of ether oxygens (including phenoxy) is 1. The van der Waals surface area contributed by atoms with Crippen LogP contribution in [0.5, 0.6) is 5.75 Å². The van der Waals surface area contributed by atoms with E-state index in [2.05, 4.69) is 4.98 Å². The van der Waals surface area contributed by atoms with Gasteiger partial charge in [0.05, 0.1) is 13.7 Å². The number of pyridine rings is 1. The molecule has 0 bridgehead atoms. The SMILES string of the molecule is COc1ccnc(C(=O)N(C)CCO)c1. The maximum atomic E-state index is 11.7. The van der Waals surface area contributed by atoms with Gasteiger partial charge in [-0.15, -0.1) is 0 Å². The lowest BCUT2D eigenvalue weighted by Crippen LogP contribution is -2.30. The second-order valence-corrected chi connectivity index (χ2v) is 3.03. The Bertz CT molecular complexity index is 341. The summed E-state index contributed by atoms with van der Waals surface area (Å²) >= 11 is 0. The van der Waals surface area contributed by atoms with Gasteiger partial charge in [-0.25, -0.2) is 0 Å². The number of nitrogens with zero attached hydrogens (tertiary/aromatic N) is 2. The predicted molar refractivity (Wildman–Crippen MR) is 54.8 cm³/mol. The molecule has 1 aromatic heterocycles. The average Bonchev–Trinajstić information content (AvgIpc) is 2.28. The highest BCUT2D eigenvalue weighted by molar-refractivity contribution is 5.92. The summed E-state index contributed by atoms with van der Waals surface area (Å²) in [6, 6.07) is 3.24. The van der Waals surface area contributed by atoms with Gasteiger partial charge in [-0.1, -0.05) is 0 Å². The van der Waals surface area contributed by atoms with Crippen molar-refractivity contribution in [3.05, 3.63) is 24.0 Å². The highest BCUT2D eigenvalue weighted by Gasteiger charge is 2.12. The molecule has 1 rings (SSSR count). The third-order valence-corrected chi connectivity index (χ3v) is 1.97. The minimum atomic E-state index is -0.233. The first kappa shape index (κ1) is 11.5. The highest BCUT2D eigenvalue weighted by Crippen LogP contribution is 2.11. The first-order valence-electron chi connectivity index (χ1n) is 4.55. The number of carbonyl (C=O) groups excluding carboxylic acids is 1. The van der Waals surface area contributed by atoms with Crippen LogP contribution >= 0.6 is 0 Å². The number of carbonyl (C=O) groups is 1. The van der Waals surface area contributed by atoms with Crippen LogP contribution in [0, 0.1) is 0 Å². The Morgan fingerprint density at radius 2 is 2.40 bits per heavy atom. The van der Waals surface area contributed by atoms with E-state index >= 15 is 0 Å². The molecule has 1 heterocycles. The molecule has 1 aromatic rings. The zero-order chi connectivity index (χ0) is 11.3. The third kappa shape index (κ3) is 2.92. The number of methoxy groups -OCH3 is 1. The van der Waals surface area contributed by atoms with Gasteiger partial charge in [0.15, 0.2) is 0 Å². The van der Waals surface area contributed by atoms with Gasteiger partial charge in [0.1, 0.15) is 11.4 Å². The quantitative estimate of drug-likeness (QED) is 0.768. The van der Waals surface area contributed by atoms with E-state index in [1.54, 1.807) is 19.2 Å². The van der Waals surface area contributed by atoms with Gasteiger partial charge in [0, 0.05) is 25.9 Å². The smallest absolute Gasteiger partial charge is 0.272 e. The number of hydrogen-bond acceptors (Lipinski definition) is 4. The molecule has 0 atom stereocenters. The highest BCUT2D eigenvalue weighted by atomic mass is 16.5. The van der Waals surface area contributed by atoms with Crippen molar-refractivity contribution in [3.63, 3.8) is 0 Å². The Morgan fingerprint density at radius 1 is 1.67 bits per heavy atom. The van der Waals surface area contributed by atoms with E-state index in [4.69, 9.17) is 9.84 Å². The lowest BCUT2D eigenvalue weighted by atomic mass is 10.3. The summed E-state index contributed by atoms with van der Waals surface area (Å²) in [7, 11) is 3.14. The van der Waals surface area contributed by atoms with Crippen LogP contribution in [0.1, 0.15) is 10.5 Å². The van der Waals surface area contributed by atoms with Crippen LogP contribution in [0.4, 0.5) is 0 Å². The maximum absolute atomic E-state index is 11.7. The lowest BCUT2D eigenvalue weighted by molar-refractivity contribution is 0.0761. The molecule has 0 aliphatic heterocycles. The van der Waals surface area contributed by atoms with E-state index in [0.29, 0.717) is 11.4 Å².